The summed E-state index contributed by atoms with van der Waals surface area (Å²) in [5.41, 5.74) is 0.935. The van der Waals surface area contributed by atoms with Gasteiger partial charge in [0.2, 0.25) is 5.91 Å². The van der Waals surface area contributed by atoms with Crippen LogP contribution in [0.3, 0.4) is 0 Å². The Bertz CT molecular complexity index is 934. The Morgan fingerprint density at radius 1 is 1.28 bits per heavy atom. The zero-order chi connectivity index (χ0) is 20.4. The van der Waals surface area contributed by atoms with Gasteiger partial charge < -0.3 is 15.4 Å². The van der Waals surface area contributed by atoms with Crippen LogP contribution in [-0.4, -0.2) is 46.9 Å². The summed E-state index contributed by atoms with van der Waals surface area (Å²) < 4.78 is 5.15. The molecule has 2 N–H and O–H groups in total. The predicted molar refractivity (Wildman–Crippen MR) is 109 cm³/mol. The second kappa shape index (κ2) is 7.82. The van der Waals surface area contributed by atoms with Crippen molar-refractivity contribution < 1.29 is 19.1 Å². The largest absolute Gasteiger partial charge is 0.497 e. The van der Waals surface area contributed by atoms with Gasteiger partial charge in [-0.1, -0.05) is 12.8 Å². The van der Waals surface area contributed by atoms with Crippen LogP contribution in [0.15, 0.2) is 29.6 Å². The number of rotatable bonds is 6. The highest BCUT2D eigenvalue weighted by molar-refractivity contribution is 7.14. The third-order valence-corrected chi connectivity index (χ3v) is 6.16. The van der Waals surface area contributed by atoms with Gasteiger partial charge in [0.05, 0.1) is 12.8 Å². The van der Waals surface area contributed by atoms with Crippen LogP contribution in [0.4, 0.5) is 9.93 Å². The minimum atomic E-state index is -0.740. The molecular formula is C20H22N4O4S. The van der Waals surface area contributed by atoms with E-state index in [1.165, 1.54) is 11.3 Å². The summed E-state index contributed by atoms with van der Waals surface area (Å²) in [6.07, 6.45) is 3.25. The van der Waals surface area contributed by atoms with Crippen molar-refractivity contribution in [1.29, 1.82) is 0 Å². The highest BCUT2D eigenvalue weighted by Crippen LogP contribution is 2.35. The lowest BCUT2D eigenvalue weighted by Gasteiger charge is -2.19. The minimum absolute atomic E-state index is 0.0344. The molecule has 1 saturated heterocycles. The van der Waals surface area contributed by atoms with Gasteiger partial charge in [-0.3, -0.25) is 14.5 Å². The summed E-state index contributed by atoms with van der Waals surface area (Å²) in [6.45, 7) is 0.0644. The highest BCUT2D eigenvalue weighted by Gasteiger charge is 2.52. The molecule has 29 heavy (non-hydrogen) atoms. The lowest BCUT2D eigenvalue weighted by molar-refractivity contribution is -0.131. The number of anilines is 1. The number of nitrogens with one attached hydrogen (secondary N) is 2. The van der Waals surface area contributed by atoms with Crippen LogP contribution in [0, 0.1) is 0 Å². The molecule has 4 rings (SSSR count). The lowest BCUT2D eigenvalue weighted by Crippen LogP contribution is -2.44. The molecule has 9 heteroatoms. The topological polar surface area (TPSA) is 101 Å². The monoisotopic (exact) mass is 414 g/mol. The smallest absolute Gasteiger partial charge is 0.325 e. The maximum Gasteiger partial charge on any atom is 0.325 e. The number of carbonyl (C=O) groups is 3. The Morgan fingerprint density at radius 2 is 2.00 bits per heavy atom. The molecule has 152 valence electrons. The van der Waals surface area contributed by atoms with E-state index < -0.39 is 11.6 Å². The van der Waals surface area contributed by atoms with E-state index in [1.54, 1.807) is 7.11 Å². The molecule has 2 aromatic rings. The fourth-order valence-corrected chi connectivity index (χ4v) is 4.55. The van der Waals surface area contributed by atoms with Crippen molar-refractivity contribution in [2.45, 2.75) is 37.6 Å². The molecule has 1 saturated carbocycles. The molecule has 1 aromatic heterocycles. The van der Waals surface area contributed by atoms with Crippen molar-refractivity contribution in [3.05, 3.63) is 29.6 Å². The maximum atomic E-state index is 12.6. The number of urea groups is 1. The highest BCUT2D eigenvalue weighted by atomic mass is 32.1. The summed E-state index contributed by atoms with van der Waals surface area (Å²) in [5.74, 6) is 0.273. The molecule has 2 heterocycles. The molecule has 0 unspecified atom stereocenters. The van der Waals surface area contributed by atoms with Gasteiger partial charge in [-0.15, -0.1) is 11.3 Å². The Hall–Kier alpha value is -2.94. The number of ether oxygens (including phenoxy) is 1. The summed E-state index contributed by atoms with van der Waals surface area (Å²) in [6, 6.07) is 7.09. The predicted octanol–water partition coefficient (Wildman–Crippen LogP) is 3.01. The minimum Gasteiger partial charge on any atom is -0.497 e. The van der Waals surface area contributed by atoms with E-state index in [9.17, 15) is 14.4 Å². The van der Waals surface area contributed by atoms with Gasteiger partial charge >= 0.3 is 6.03 Å². The molecule has 1 aliphatic carbocycles. The van der Waals surface area contributed by atoms with E-state index in [1.807, 2.05) is 29.6 Å². The number of benzene rings is 1. The summed E-state index contributed by atoms with van der Waals surface area (Å²) in [5, 5.41) is 7.90. The average Bonchev–Trinajstić information content (AvgIpc) is 3.43. The molecule has 8 nitrogen and oxygen atoms in total. The Balaban J connectivity index is 1.33. The van der Waals surface area contributed by atoms with E-state index in [0.717, 1.165) is 34.7 Å². The Kier molecular flexibility index (Phi) is 5.23. The van der Waals surface area contributed by atoms with Crippen LogP contribution in [-0.2, 0) is 9.59 Å². The second-order valence-corrected chi connectivity index (χ2v) is 8.10. The van der Waals surface area contributed by atoms with Gasteiger partial charge in [-0.05, 0) is 37.1 Å². The number of amides is 4. The second-order valence-electron chi connectivity index (χ2n) is 7.24. The number of aromatic nitrogens is 1. The first kappa shape index (κ1) is 19.4. The van der Waals surface area contributed by atoms with Gasteiger partial charge in [0.1, 0.15) is 11.3 Å². The van der Waals surface area contributed by atoms with E-state index in [-0.39, 0.29) is 24.8 Å². The van der Waals surface area contributed by atoms with Gasteiger partial charge in [0.25, 0.3) is 5.91 Å². The van der Waals surface area contributed by atoms with E-state index in [2.05, 4.69) is 15.6 Å². The number of carbonyl (C=O) groups excluding carboxylic acids is 3. The van der Waals surface area contributed by atoms with Crippen molar-refractivity contribution >= 4 is 34.3 Å². The normalized spacial score (nSPS) is 17.6. The van der Waals surface area contributed by atoms with Crippen LogP contribution in [0.5, 0.6) is 5.75 Å². The third-order valence-electron chi connectivity index (χ3n) is 5.40. The van der Waals surface area contributed by atoms with Gasteiger partial charge in [-0.25, -0.2) is 9.78 Å². The third kappa shape index (κ3) is 3.82. The van der Waals surface area contributed by atoms with Crippen LogP contribution in [0.2, 0.25) is 0 Å². The summed E-state index contributed by atoms with van der Waals surface area (Å²) >= 11 is 1.32. The number of hydrogen-bond acceptors (Lipinski definition) is 6. The fourth-order valence-electron chi connectivity index (χ4n) is 3.82. The van der Waals surface area contributed by atoms with Gasteiger partial charge in [0.15, 0.2) is 5.13 Å². The maximum absolute atomic E-state index is 12.6. The lowest BCUT2D eigenvalue weighted by atomic mass is 9.98. The molecule has 4 amide bonds. The molecule has 0 bridgehead atoms. The van der Waals surface area contributed by atoms with Gasteiger partial charge in [0, 0.05) is 23.9 Å². The molecule has 2 aliphatic rings. The first-order chi connectivity index (χ1) is 14.0. The first-order valence-electron chi connectivity index (χ1n) is 9.55. The summed E-state index contributed by atoms with van der Waals surface area (Å²) in [7, 11) is 1.61. The molecule has 0 radical (unpaired) electrons. The molecule has 2 fully saturated rings. The number of methoxy groups -OCH3 is 1. The average molecular weight is 414 g/mol. The molecule has 0 atom stereocenters. The van der Waals surface area contributed by atoms with Crippen LogP contribution < -0.4 is 15.4 Å². The van der Waals surface area contributed by atoms with E-state index in [0.29, 0.717) is 18.0 Å². The zero-order valence-corrected chi connectivity index (χ0v) is 16.9. The molecule has 1 spiro atoms. The molecule has 1 aliphatic heterocycles. The Morgan fingerprint density at radius 3 is 2.69 bits per heavy atom. The van der Waals surface area contributed by atoms with Crippen LogP contribution in [0.25, 0.3) is 11.3 Å². The van der Waals surface area contributed by atoms with Crippen molar-refractivity contribution in [1.82, 2.24) is 15.2 Å². The first-order valence-corrected chi connectivity index (χ1v) is 10.4. The van der Waals surface area contributed by atoms with Gasteiger partial charge in [-0.2, -0.15) is 0 Å². The number of nitrogens with zero attached hydrogens (tertiary/aromatic N) is 2. The number of thiazole rings is 1. The molecule has 1 aromatic carbocycles. The SMILES string of the molecule is COc1ccc(-c2csc(NC(=O)CCN3C(=O)NC4(CCCC4)C3=O)n2)cc1. The number of imide groups is 1. The summed E-state index contributed by atoms with van der Waals surface area (Å²) in [4.78, 5) is 42.7. The van der Waals surface area contributed by atoms with Crippen LogP contribution in [0.1, 0.15) is 32.1 Å². The van der Waals surface area contributed by atoms with Crippen molar-refractivity contribution in [3.63, 3.8) is 0 Å². The fraction of sp³-hybridized carbons (Fsp3) is 0.400. The zero-order valence-electron chi connectivity index (χ0n) is 16.1. The van der Waals surface area contributed by atoms with Crippen molar-refractivity contribution in [3.8, 4) is 17.0 Å². The van der Waals surface area contributed by atoms with E-state index in [4.69, 9.17) is 4.74 Å². The van der Waals surface area contributed by atoms with Crippen LogP contribution >= 0.6 is 11.3 Å². The molecular weight excluding hydrogens is 392 g/mol. The standard InChI is InChI=1S/C20H22N4O4S/c1-28-14-6-4-13(5-7-14)15-12-29-18(21-15)22-16(25)8-11-24-17(26)20(23-19(24)27)9-2-3-10-20/h4-7,12H,2-3,8-11H2,1H3,(H,23,27)(H,21,22,25). The van der Waals surface area contributed by atoms with E-state index >= 15 is 0 Å². The quantitative estimate of drug-likeness (QED) is 0.708. The number of hydrogen-bond donors (Lipinski definition) is 2. The Labute approximate surface area is 172 Å². The van der Waals surface area contributed by atoms with Crippen molar-refractivity contribution in [2.75, 3.05) is 19.0 Å². The van der Waals surface area contributed by atoms with Crippen molar-refractivity contribution in [2.24, 2.45) is 0 Å².